The number of halogens is 1. The maximum atomic E-state index is 12.4. The van der Waals surface area contributed by atoms with Gasteiger partial charge in [-0.15, -0.1) is 0 Å². The first-order valence-electron chi connectivity index (χ1n) is 6.79. The van der Waals surface area contributed by atoms with E-state index in [-0.39, 0.29) is 15.3 Å². The van der Waals surface area contributed by atoms with Crippen molar-refractivity contribution in [3.8, 4) is 0 Å². The molecule has 0 amide bonds. The molecule has 0 saturated heterocycles. The lowest BCUT2D eigenvalue weighted by atomic mass is 9.89. The number of anilines is 1. The summed E-state index contributed by atoms with van der Waals surface area (Å²) in [5.41, 5.74) is 7.04. The third-order valence-electron chi connectivity index (χ3n) is 4.11. The first kappa shape index (κ1) is 15.6. The van der Waals surface area contributed by atoms with Gasteiger partial charge in [-0.1, -0.05) is 31.4 Å². The fourth-order valence-electron chi connectivity index (χ4n) is 2.63. The van der Waals surface area contributed by atoms with E-state index in [1.54, 1.807) is 13.0 Å². The zero-order chi connectivity index (χ0) is 15.0. The lowest BCUT2D eigenvalue weighted by Gasteiger charge is -2.23. The minimum absolute atomic E-state index is 0.0514. The Kier molecular flexibility index (Phi) is 4.33. The van der Waals surface area contributed by atoms with Crippen LogP contribution in [0.15, 0.2) is 17.0 Å². The highest BCUT2D eigenvalue weighted by Gasteiger charge is 2.30. The molecular weight excluding hydrogens is 296 g/mol. The summed E-state index contributed by atoms with van der Waals surface area (Å²) < 4.78 is 27.4. The summed E-state index contributed by atoms with van der Waals surface area (Å²) >= 11 is 6.04. The average molecular weight is 317 g/mol. The Balaban J connectivity index is 2.20. The van der Waals surface area contributed by atoms with Gasteiger partial charge in [0.25, 0.3) is 0 Å². The van der Waals surface area contributed by atoms with Crippen molar-refractivity contribution in [2.75, 3.05) is 12.3 Å². The molecule has 0 aliphatic heterocycles. The Morgan fingerprint density at radius 2 is 1.95 bits per heavy atom. The lowest BCUT2D eigenvalue weighted by molar-refractivity contribution is 0.336. The minimum atomic E-state index is -3.62. The molecule has 0 unspecified atom stereocenters. The van der Waals surface area contributed by atoms with Gasteiger partial charge >= 0.3 is 0 Å². The first-order chi connectivity index (χ1) is 9.23. The van der Waals surface area contributed by atoms with Crippen LogP contribution in [0.5, 0.6) is 0 Å². The third-order valence-corrected chi connectivity index (χ3v) is 5.98. The van der Waals surface area contributed by atoms with Crippen molar-refractivity contribution in [3.63, 3.8) is 0 Å². The van der Waals surface area contributed by atoms with Crippen LogP contribution < -0.4 is 10.5 Å². The summed E-state index contributed by atoms with van der Waals surface area (Å²) in [5.74, 6) is 0. The summed E-state index contributed by atoms with van der Waals surface area (Å²) in [5, 5.41) is 0.209. The normalized spacial score (nSPS) is 18.4. The number of rotatable bonds is 4. The Hall–Kier alpha value is -0.780. The molecule has 0 heterocycles. The van der Waals surface area contributed by atoms with Crippen molar-refractivity contribution in [1.82, 2.24) is 4.72 Å². The Labute approximate surface area is 125 Å². The van der Waals surface area contributed by atoms with Gasteiger partial charge in [0.1, 0.15) is 4.90 Å². The average Bonchev–Trinajstić information content (AvgIpc) is 2.79. The van der Waals surface area contributed by atoms with E-state index >= 15 is 0 Å². The van der Waals surface area contributed by atoms with Gasteiger partial charge in [-0.25, -0.2) is 13.1 Å². The second-order valence-electron chi connectivity index (χ2n) is 5.98. The fraction of sp³-hybridized carbons (Fsp3) is 0.571. The summed E-state index contributed by atoms with van der Waals surface area (Å²) in [6, 6.07) is 3.01. The molecule has 1 aromatic carbocycles. The Morgan fingerprint density at radius 3 is 2.55 bits per heavy atom. The molecule has 1 aliphatic rings. The van der Waals surface area contributed by atoms with E-state index in [2.05, 4.69) is 11.6 Å². The van der Waals surface area contributed by atoms with Crippen LogP contribution in [0.4, 0.5) is 5.69 Å². The number of hydrogen-bond donors (Lipinski definition) is 2. The second-order valence-corrected chi connectivity index (χ2v) is 8.12. The van der Waals surface area contributed by atoms with E-state index in [9.17, 15) is 8.42 Å². The van der Waals surface area contributed by atoms with Crippen molar-refractivity contribution in [2.24, 2.45) is 5.41 Å². The third kappa shape index (κ3) is 3.27. The molecule has 20 heavy (non-hydrogen) atoms. The van der Waals surface area contributed by atoms with Crippen molar-refractivity contribution in [3.05, 3.63) is 22.7 Å². The summed E-state index contributed by atoms with van der Waals surface area (Å²) in [4.78, 5) is 0.0591. The molecule has 1 fully saturated rings. The first-order valence-corrected chi connectivity index (χ1v) is 8.65. The molecule has 0 spiro atoms. The van der Waals surface area contributed by atoms with E-state index in [1.165, 1.54) is 6.07 Å². The zero-order valence-corrected chi connectivity index (χ0v) is 13.4. The molecule has 1 aromatic rings. The van der Waals surface area contributed by atoms with Crippen LogP contribution in [0.3, 0.4) is 0 Å². The predicted octanol–water partition coefficient (Wildman–Crippen LogP) is 3.09. The van der Waals surface area contributed by atoms with Crippen LogP contribution in [0.25, 0.3) is 0 Å². The van der Waals surface area contributed by atoms with Crippen molar-refractivity contribution >= 4 is 27.3 Å². The van der Waals surface area contributed by atoms with E-state index in [1.807, 2.05) is 0 Å². The van der Waals surface area contributed by atoms with E-state index in [4.69, 9.17) is 17.3 Å². The van der Waals surface area contributed by atoms with Crippen molar-refractivity contribution < 1.29 is 8.42 Å². The van der Waals surface area contributed by atoms with Crippen molar-refractivity contribution in [2.45, 2.75) is 44.4 Å². The van der Waals surface area contributed by atoms with Gasteiger partial charge in [0.2, 0.25) is 10.0 Å². The van der Waals surface area contributed by atoms with Crippen LogP contribution in [0.2, 0.25) is 5.02 Å². The van der Waals surface area contributed by atoms with Crippen LogP contribution in [0, 0.1) is 12.3 Å². The minimum Gasteiger partial charge on any atom is -0.398 e. The molecule has 3 N–H and O–H groups in total. The number of hydrogen-bond acceptors (Lipinski definition) is 3. The number of aryl methyl sites for hydroxylation is 1. The monoisotopic (exact) mass is 316 g/mol. The summed E-state index contributed by atoms with van der Waals surface area (Å²) in [7, 11) is -3.62. The van der Waals surface area contributed by atoms with Crippen molar-refractivity contribution in [1.29, 1.82) is 0 Å². The summed E-state index contributed by atoms with van der Waals surface area (Å²) in [6.45, 7) is 4.36. The van der Waals surface area contributed by atoms with Gasteiger partial charge in [-0.3, -0.25) is 0 Å². The van der Waals surface area contributed by atoms with Gasteiger partial charge in [-0.2, -0.15) is 0 Å². The van der Waals surface area contributed by atoms with Crippen LogP contribution in [-0.2, 0) is 10.0 Å². The standard InChI is InChI=1S/C14H21ClN2O2S/c1-10-7-11(15)13(8-12(10)16)20(18,19)17-9-14(2)5-3-4-6-14/h7-8,17H,3-6,9,16H2,1-2H3. The highest BCUT2D eigenvalue weighted by Crippen LogP contribution is 2.37. The number of benzene rings is 1. The molecule has 6 heteroatoms. The predicted molar refractivity (Wildman–Crippen MR) is 82.4 cm³/mol. The molecule has 2 rings (SSSR count). The smallest absolute Gasteiger partial charge is 0.242 e. The number of sulfonamides is 1. The summed E-state index contributed by atoms with van der Waals surface area (Å²) in [6.07, 6.45) is 4.44. The van der Waals surface area contributed by atoms with Gasteiger partial charge in [-0.05, 0) is 42.9 Å². The molecule has 112 valence electrons. The molecule has 1 saturated carbocycles. The number of nitrogens with one attached hydrogen (secondary N) is 1. The lowest BCUT2D eigenvalue weighted by Crippen LogP contribution is -2.34. The van der Waals surface area contributed by atoms with E-state index in [0.717, 1.165) is 31.2 Å². The topological polar surface area (TPSA) is 72.2 Å². The largest absolute Gasteiger partial charge is 0.398 e. The molecule has 4 nitrogen and oxygen atoms in total. The van der Waals surface area contributed by atoms with Gasteiger partial charge in [0.05, 0.1) is 5.02 Å². The molecule has 0 aromatic heterocycles. The fourth-order valence-corrected chi connectivity index (χ4v) is 4.44. The zero-order valence-electron chi connectivity index (χ0n) is 11.9. The second kappa shape index (κ2) is 5.54. The highest BCUT2D eigenvalue weighted by molar-refractivity contribution is 7.89. The van der Waals surface area contributed by atoms with Crippen LogP contribution in [0.1, 0.15) is 38.2 Å². The quantitative estimate of drug-likeness (QED) is 0.838. The maximum Gasteiger partial charge on any atom is 0.242 e. The van der Waals surface area contributed by atoms with Gasteiger partial charge in [0.15, 0.2) is 0 Å². The molecule has 0 bridgehead atoms. The Bertz CT molecular complexity index is 608. The van der Waals surface area contributed by atoms with Gasteiger partial charge in [0, 0.05) is 12.2 Å². The van der Waals surface area contributed by atoms with Crippen LogP contribution in [-0.4, -0.2) is 15.0 Å². The molecule has 0 atom stereocenters. The molecule has 1 aliphatic carbocycles. The van der Waals surface area contributed by atoms with Crippen LogP contribution >= 0.6 is 11.6 Å². The highest BCUT2D eigenvalue weighted by atomic mass is 35.5. The SMILES string of the molecule is Cc1cc(Cl)c(S(=O)(=O)NCC2(C)CCCC2)cc1N. The maximum absolute atomic E-state index is 12.4. The number of nitrogen functional groups attached to an aromatic ring is 1. The van der Waals surface area contributed by atoms with E-state index in [0.29, 0.717) is 12.2 Å². The number of nitrogens with two attached hydrogens (primary N) is 1. The van der Waals surface area contributed by atoms with E-state index < -0.39 is 10.0 Å². The molecular formula is C14H21ClN2O2S. The molecule has 0 radical (unpaired) electrons. The van der Waals surface area contributed by atoms with Gasteiger partial charge < -0.3 is 5.73 Å². The Morgan fingerprint density at radius 1 is 1.35 bits per heavy atom.